The number of hydrogen-bond donors (Lipinski definition) is 0. The van der Waals surface area contributed by atoms with Crippen molar-refractivity contribution in [3.63, 3.8) is 0 Å². The van der Waals surface area contributed by atoms with Crippen molar-refractivity contribution in [2.24, 2.45) is 0 Å². The number of carbonyl (C=O) groups excluding carboxylic acids is 1. The Balaban J connectivity index is 1.95. The maximum Gasteiger partial charge on any atom is 0.410 e. The van der Waals surface area contributed by atoms with Crippen LogP contribution in [0.3, 0.4) is 0 Å². The third-order valence-corrected chi connectivity index (χ3v) is 3.45. The van der Waals surface area contributed by atoms with E-state index in [4.69, 9.17) is 4.74 Å². The Morgan fingerprint density at radius 1 is 1.33 bits per heavy atom. The molecule has 1 amide bonds. The number of halogens is 2. The number of rotatable bonds is 1. The fourth-order valence-corrected chi connectivity index (χ4v) is 2.37. The van der Waals surface area contributed by atoms with Crippen molar-refractivity contribution in [3.8, 4) is 0 Å². The zero-order valence-electron chi connectivity index (χ0n) is 12.4. The lowest BCUT2D eigenvalue weighted by molar-refractivity contribution is 0.0240. The number of nitrogens with zero attached hydrogens (tertiary/aromatic N) is 3. The van der Waals surface area contributed by atoms with Gasteiger partial charge in [-0.05, 0) is 42.8 Å². The van der Waals surface area contributed by atoms with Crippen LogP contribution in [0.4, 0.5) is 15.0 Å². The molecule has 1 saturated heterocycles. The summed E-state index contributed by atoms with van der Waals surface area (Å²) in [5, 5.41) is 0. The first-order chi connectivity index (χ1) is 9.76. The predicted octanol–water partition coefficient (Wildman–Crippen LogP) is 3.04. The van der Waals surface area contributed by atoms with E-state index in [2.05, 4.69) is 20.9 Å². The summed E-state index contributed by atoms with van der Waals surface area (Å²) in [6, 6.07) is 1.39. The lowest BCUT2D eigenvalue weighted by atomic mass is 10.2. The standard InChI is InChI=1S/C14H19BrFN3O2/c1-14(2,3)21-13(20)19-6-4-18(5-7-19)12-11(16)8-10(15)9-17-12/h8-9H,4-7H2,1-3H3. The van der Waals surface area contributed by atoms with Crippen molar-refractivity contribution in [1.29, 1.82) is 0 Å². The van der Waals surface area contributed by atoms with Gasteiger partial charge in [0.1, 0.15) is 5.60 Å². The summed E-state index contributed by atoms with van der Waals surface area (Å²) in [6.45, 7) is 7.56. The van der Waals surface area contributed by atoms with Gasteiger partial charge in [-0.15, -0.1) is 0 Å². The molecule has 0 spiro atoms. The molecule has 0 unspecified atom stereocenters. The fourth-order valence-electron chi connectivity index (χ4n) is 2.07. The average molecular weight is 360 g/mol. The van der Waals surface area contributed by atoms with E-state index < -0.39 is 5.60 Å². The Morgan fingerprint density at radius 2 is 1.95 bits per heavy atom. The molecule has 21 heavy (non-hydrogen) atoms. The average Bonchev–Trinajstić information content (AvgIpc) is 2.37. The van der Waals surface area contributed by atoms with Crippen LogP contribution in [-0.2, 0) is 4.74 Å². The first-order valence-corrected chi connectivity index (χ1v) is 7.59. The number of anilines is 1. The van der Waals surface area contributed by atoms with Crippen LogP contribution in [-0.4, -0.2) is 47.8 Å². The van der Waals surface area contributed by atoms with E-state index in [1.165, 1.54) is 6.07 Å². The molecule has 1 aromatic heterocycles. The molecule has 116 valence electrons. The summed E-state index contributed by atoms with van der Waals surface area (Å²) in [7, 11) is 0. The molecule has 7 heteroatoms. The smallest absolute Gasteiger partial charge is 0.410 e. The van der Waals surface area contributed by atoms with E-state index in [-0.39, 0.29) is 11.9 Å². The van der Waals surface area contributed by atoms with Crippen molar-refractivity contribution in [3.05, 3.63) is 22.6 Å². The van der Waals surface area contributed by atoms with E-state index in [0.29, 0.717) is 36.5 Å². The molecule has 1 aliphatic heterocycles. The van der Waals surface area contributed by atoms with E-state index in [1.54, 1.807) is 11.1 Å². The van der Waals surface area contributed by atoms with E-state index in [9.17, 15) is 9.18 Å². The quantitative estimate of drug-likeness (QED) is 0.772. The van der Waals surface area contributed by atoms with Crippen LogP contribution < -0.4 is 4.90 Å². The van der Waals surface area contributed by atoms with Crippen LogP contribution in [0.5, 0.6) is 0 Å². The Labute approximate surface area is 132 Å². The minimum absolute atomic E-state index is 0.321. The maximum absolute atomic E-state index is 13.9. The largest absolute Gasteiger partial charge is 0.444 e. The maximum atomic E-state index is 13.9. The fraction of sp³-hybridized carbons (Fsp3) is 0.571. The van der Waals surface area contributed by atoms with Crippen LogP contribution in [0.25, 0.3) is 0 Å². The zero-order valence-corrected chi connectivity index (χ0v) is 14.0. The van der Waals surface area contributed by atoms with Crippen LogP contribution in [0, 0.1) is 5.82 Å². The van der Waals surface area contributed by atoms with Gasteiger partial charge in [0.05, 0.1) is 0 Å². The number of hydrogen-bond acceptors (Lipinski definition) is 4. The summed E-state index contributed by atoms with van der Waals surface area (Å²) in [6.07, 6.45) is 1.24. The van der Waals surface area contributed by atoms with Crippen LogP contribution in [0.1, 0.15) is 20.8 Å². The first kappa shape index (κ1) is 16.0. The number of aromatic nitrogens is 1. The van der Waals surface area contributed by atoms with Crippen molar-refractivity contribution in [2.75, 3.05) is 31.1 Å². The van der Waals surface area contributed by atoms with E-state index in [0.717, 1.165) is 0 Å². The highest BCUT2D eigenvalue weighted by Gasteiger charge is 2.27. The summed E-state index contributed by atoms with van der Waals surface area (Å²) < 4.78 is 19.8. The number of amides is 1. The Morgan fingerprint density at radius 3 is 2.48 bits per heavy atom. The number of piperazine rings is 1. The van der Waals surface area contributed by atoms with Gasteiger partial charge in [0.25, 0.3) is 0 Å². The SMILES string of the molecule is CC(C)(C)OC(=O)N1CCN(c2ncc(Br)cc2F)CC1. The first-order valence-electron chi connectivity index (χ1n) is 6.80. The highest BCUT2D eigenvalue weighted by atomic mass is 79.9. The van der Waals surface area contributed by atoms with Gasteiger partial charge < -0.3 is 14.5 Å². The third-order valence-electron chi connectivity index (χ3n) is 3.02. The number of carbonyl (C=O) groups is 1. The molecule has 0 radical (unpaired) electrons. The molecule has 1 fully saturated rings. The second kappa shape index (κ2) is 6.17. The van der Waals surface area contributed by atoms with Gasteiger partial charge in [0.2, 0.25) is 0 Å². The molecule has 1 aromatic rings. The molecule has 2 heterocycles. The molecule has 0 bridgehead atoms. The summed E-state index contributed by atoms with van der Waals surface area (Å²) in [4.78, 5) is 19.5. The normalized spacial score (nSPS) is 16.0. The minimum atomic E-state index is -0.506. The van der Waals surface area contributed by atoms with Crippen molar-refractivity contribution < 1.29 is 13.9 Å². The minimum Gasteiger partial charge on any atom is -0.444 e. The van der Waals surface area contributed by atoms with Gasteiger partial charge in [-0.2, -0.15) is 0 Å². The zero-order chi connectivity index (χ0) is 15.6. The molecule has 2 rings (SSSR count). The lowest BCUT2D eigenvalue weighted by Crippen LogP contribution is -2.50. The Kier molecular flexibility index (Phi) is 4.70. The van der Waals surface area contributed by atoms with Crippen molar-refractivity contribution in [1.82, 2.24) is 9.88 Å². The molecular weight excluding hydrogens is 341 g/mol. The van der Waals surface area contributed by atoms with Crippen molar-refractivity contribution in [2.45, 2.75) is 26.4 Å². The molecular formula is C14H19BrFN3O2. The number of ether oxygens (including phenoxy) is 1. The predicted molar refractivity (Wildman–Crippen MR) is 81.9 cm³/mol. The second-order valence-electron chi connectivity index (χ2n) is 5.91. The van der Waals surface area contributed by atoms with Gasteiger partial charge in [-0.3, -0.25) is 0 Å². The summed E-state index contributed by atoms with van der Waals surface area (Å²) in [5.41, 5.74) is -0.506. The highest BCUT2D eigenvalue weighted by molar-refractivity contribution is 9.10. The van der Waals surface area contributed by atoms with Gasteiger partial charge in [0, 0.05) is 36.8 Å². The van der Waals surface area contributed by atoms with Crippen LogP contribution in [0.15, 0.2) is 16.7 Å². The third kappa shape index (κ3) is 4.30. The lowest BCUT2D eigenvalue weighted by Gasteiger charge is -2.36. The van der Waals surface area contributed by atoms with Gasteiger partial charge in [0.15, 0.2) is 11.6 Å². The topological polar surface area (TPSA) is 45.7 Å². The molecule has 0 aromatic carbocycles. The van der Waals surface area contributed by atoms with Crippen LogP contribution in [0.2, 0.25) is 0 Å². The molecule has 0 saturated carbocycles. The molecule has 0 aliphatic carbocycles. The highest BCUT2D eigenvalue weighted by Crippen LogP contribution is 2.21. The van der Waals surface area contributed by atoms with Gasteiger partial charge in [-0.25, -0.2) is 14.2 Å². The van der Waals surface area contributed by atoms with Gasteiger partial charge in [-0.1, -0.05) is 0 Å². The van der Waals surface area contributed by atoms with Gasteiger partial charge >= 0.3 is 6.09 Å². The summed E-state index contributed by atoms with van der Waals surface area (Å²) in [5.74, 6) is -0.0443. The molecule has 5 nitrogen and oxygen atoms in total. The monoisotopic (exact) mass is 359 g/mol. The van der Waals surface area contributed by atoms with E-state index >= 15 is 0 Å². The van der Waals surface area contributed by atoms with Crippen molar-refractivity contribution >= 4 is 27.8 Å². The van der Waals surface area contributed by atoms with Crippen LogP contribution >= 0.6 is 15.9 Å². The Hall–Kier alpha value is -1.37. The molecule has 0 atom stereocenters. The Bertz CT molecular complexity index is 525. The summed E-state index contributed by atoms with van der Waals surface area (Å²) >= 11 is 3.19. The molecule has 1 aliphatic rings. The second-order valence-corrected chi connectivity index (χ2v) is 6.83. The van der Waals surface area contributed by atoms with E-state index in [1.807, 2.05) is 25.7 Å². The molecule has 0 N–H and O–H groups in total. The number of pyridine rings is 1.